The van der Waals surface area contributed by atoms with Crippen LogP contribution in [0.3, 0.4) is 0 Å². The molecular formula is C23H29N3O2S2Si. The van der Waals surface area contributed by atoms with Crippen LogP contribution in [0.1, 0.15) is 0 Å². The van der Waals surface area contributed by atoms with Gasteiger partial charge >= 0.3 is 0 Å². The number of nitrogens with zero attached hydrogens (tertiary/aromatic N) is 3. The first kappa shape index (κ1) is 23.2. The van der Waals surface area contributed by atoms with Crippen molar-refractivity contribution in [1.29, 1.82) is 0 Å². The van der Waals surface area contributed by atoms with Crippen LogP contribution in [0.15, 0.2) is 59.3 Å². The molecular weight excluding hydrogens is 442 g/mol. The van der Waals surface area contributed by atoms with Gasteiger partial charge < -0.3 is 14.4 Å². The fraction of sp³-hybridized carbons (Fsp3) is 0.304. The normalized spacial score (nSPS) is 11.1. The molecule has 0 saturated carbocycles. The molecule has 164 valence electrons. The van der Waals surface area contributed by atoms with Crippen LogP contribution >= 0.6 is 23.6 Å². The van der Waals surface area contributed by atoms with Crippen molar-refractivity contribution in [3.8, 4) is 11.6 Å². The number of hydrogen-bond donors (Lipinski definition) is 0. The number of hydrogen-bond acceptors (Lipinski definition) is 6. The first-order valence-corrected chi connectivity index (χ1v) is 15.0. The van der Waals surface area contributed by atoms with Gasteiger partial charge in [0.15, 0.2) is 0 Å². The first-order valence-electron chi connectivity index (χ1n) is 10.1. The maximum absolute atomic E-state index is 5.88. The van der Waals surface area contributed by atoms with Gasteiger partial charge in [-0.1, -0.05) is 43.0 Å². The fourth-order valence-electron chi connectivity index (χ4n) is 2.85. The highest BCUT2D eigenvalue weighted by molar-refractivity contribution is 7.80. The molecule has 8 heteroatoms. The fourth-order valence-corrected chi connectivity index (χ4v) is 4.90. The monoisotopic (exact) mass is 471 g/mol. The van der Waals surface area contributed by atoms with Crippen LogP contribution in [0.5, 0.6) is 11.6 Å². The van der Waals surface area contributed by atoms with Crippen molar-refractivity contribution in [2.75, 3.05) is 37.0 Å². The molecule has 0 fully saturated rings. The van der Waals surface area contributed by atoms with Crippen molar-refractivity contribution in [3.05, 3.63) is 59.3 Å². The molecule has 0 amide bonds. The number of thiocarbonyl (C=S) groups is 1. The molecule has 3 aromatic rings. The van der Waals surface area contributed by atoms with Gasteiger partial charge in [-0.2, -0.15) is 16.3 Å². The minimum absolute atomic E-state index is 0.336. The standard InChI is InChI=1S/C23H29N3O2S2Si/c1-25(18-13-16-30-17-18)14-15-27-22-8-6-7-21(24-22)26(2)23(29)28-19-9-11-20(12-10-19)31(3,4)5/h6-13,16-17H,14-15H2,1-5H3. The summed E-state index contributed by atoms with van der Waals surface area (Å²) in [5, 5.41) is 5.91. The summed E-state index contributed by atoms with van der Waals surface area (Å²) in [6, 6.07) is 15.9. The van der Waals surface area contributed by atoms with Crippen molar-refractivity contribution in [3.63, 3.8) is 0 Å². The van der Waals surface area contributed by atoms with Gasteiger partial charge in [0.2, 0.25) is 5.88 Å². The Hall–Kier alpha value is -2.42. The molecule has 0 bridgehead atoms. The van der Waals surface area contributed by atoms with Crippen molar-refractivity contribution < 1.29 is 9.47 Å². The third-order valence-corrected chi connectivity index (χ3v) is 7.97. The SMILES string of the molecule is CN(CCOc1cccc(N(C)C(=S)Oc2ccc([Si](C)(C)C)cc2)n1)c1ccsc1. The molecule has 0 aliphatic rings. The predicted molar refractivity (Wildman–Crippen MR) is 138 cm³/mol. The second-order valence-corrected chi connectivity index (χ2v) is 14.5. The van der Waals surface area contributed by atoms with E-state index in [1.807, 2.05) is 37.4 Å². The van der Waals surface area contributed by atoms with Gasteiger partial charge in [-0.05, 0) is 41.9 Å². The smallest absolute Gasteiger partial charge is 0.270 e. The molecule has 0 N–H and O–H groups in total. The molecule has 0 spiro atoms. The van der Waals surface area contributed by atoms with Gasteiger partial charge in [-0.3, -0.25) is 4.90 Å². The van der Waals surface area contributed by atoms with E-state index in [-0.39, 0.29) is 0 Å². The zero-order valence-corrected chi connectivity index (χ0v) is 21.3. The van der Waals surface area contributed by atoms with Gasteiger partial charge in [0.05, 0.1) is 14.6 Å². The number of anilines is 2. The third-order valence-electron chi connectivity index (χ3n) is 4.88. The van der Waals surface area contributed by atoms with Crippen LogP contribution in [0.4, 0.5) is 11.5 Å². The topological polar surface area (TPSA) is 37.8 Å². The van der Waals surface area contributed by atoms with Crippen LogP contribution in [-0.2, 0) is 0 Å². The van der Waals surface area contributed by atoms with Gasteiger partial charge in [-0.25, -0.2) is 0 Å². The summed E-state index contributed by atoms with van der Waals surface area (Å²) in [6.45, 7) is 8.27. The Morgan fingerprint density at radius 1 is 1.06 bits per heavy atom. The Balaban J connectivity index is 1.56. The molecule has 31 heavy (non-hydrogen) atoms. The summed E-state index contributed by atoms with van der Waals surface area (Å²) in [6.07, 6.45) is 0. The van der Waals surface area contributed by atoms with Crippen molar-refractivity contribution >= 4 is 53.5 Å². The van der Waals surface area contributed by atoms with Crippen LogP contribution in [0.25, 0.3) is 0 Å². The van der Waals surface area contributed by atoms with E-state index < -0.39 is 8.07 Å². The summed E-state index contributed by atoms with van der Waals surface area (Å²) in [7, 11) is 2.56. The number of aromatic nitrogens is 1. The minimum Gasteiger partial charge on any atom is -0.476 e. The third kappa shape index (κ3) is 6.53. The lowest BCUT2D eigenvalue weighted by Gasteiger charge is -2.21. The van der Waals surface area contributed by atoms with Crippen molar-refractivity contribution in [2.45, 2.75) is 19.6 Å². The lowest BCUT2D eigenvalue weighted by Crippen LogP contribution is -2.37. The molecule has 0 unspecified atom stereocenters. The molecule has 0 radical (unpaired) electrons. The number of ether oxygens (including phenoxy) is 2. The maximum atomic E-state index is 5.88. The van der Waals surface area contributed by atoms with E-state index in [9.17, 15) is 0 Å². The zero-order valence-electron chi connectivity index (χ0n) is 18.7. The van der Waals surface area contributed by atoms with E-state index in [0.29, 0.717) is 23.5 Å². The highest BCUT2D eigenvalue weighted by atomic mass is 32.1. The number of rotatable bonds is 8. The molecule has 5 nitrogen and oxygen atoms in total. The summed E-state index contributed by atoms with van der Waals surface area (Å²) in [5.41, 5.74) is 1.19. The lowest BCUT2D eigenvalue weighted by molar-refractivity contribution is 0.314. The summed E-state index contributed by atoms with van der Waals surface area (Å²) in [5.74, 6) is 1.96. The largest absolute Gasteiger partial charge is 0.476 e. The van der Waals surface area contributed by atoms with E-state index >= 15 is 0 Å². The summed E-state index contributed by atoms with van der Waals surface area (Å²) < 4.78 is 11.7. The van der Waals surface area contributed by atoms with Gasteiger partial charge in [-0.15, -0.1) is 0 Å². The molecule has 0 aliphatic carbocycles. The molecule has 3 rings (SSSR count). The summed E-state index contributed by atoms with van der Waals surface area (Å²) >= 11 is 7.17. The van der Waals surface area contributed by atoms with E-state index in [2.05, 4.69) is 65.5 Å². The molecule has 1 aromatic carbocycles. The van der Waals surface area contributed by atoms with E-state index in [1.54, 1.807) is 16.2 Å². The minimum atomic E-state index is -1.34. The quantitative estimate of drug-likeness (QED) is 0.340. The lowest BCUT2D eigenvalue weighted by atomic mass is 10.3. The molecule has 0 saturated heterocycles. The maximum Gasteiger partial charge on any atom is 0.270 e. The summed E-state index contributed by atoms with van der Waals surface area (Å²) in [4.78, 5) is 8.46. The number of pyridine rings is 1. The Morgan fingerprint density at radius 3 is 2.45 bits per heavy atom. The highest BCUT2D eigenvalue weighted by Gasteiger charge is 2.17. The van der Waals surface area contributed by atoms with Crippen LogP contribution in [-0.4, -0.2) is 45.5 Å². The highest BCUT2D eigenvalue weighted by Crippen LogP contribution is 2.19. The average molecular weight is 472 g/mol. The van der Waals surface area contributed by atoms with Gasteiger partial charge in [0, 0.05) is 31.2 Å². The van der Waals surface area contributed by atoms with Crippen LogP contribution < -0.4 is 24.5 Å². The second kappa shape index (κ2) is 10.3. The Labute approximate surface area is 195 Å². The van der Waals surface area contributed by atoms with E-state index in [1.165, 1.54) is 10.9 Å². The van der Waals surface area contributed by atoms with E-state index in [0.717, 1.165) is 12.3 Å². The zero-order chi connectivity index (χ0) is 22.4. The average Bonchev–Trinajstić information content (AvgIpc) is 3.28. The Bertz CT molecular complexity index is 989. The number of benzene rings is 1. The van der Waals surface area contributed by atoms with Gasteiger partial charge in [0.25, 0.3) is 5.17 Å². The molecule has 0 aliphatic heterocycles. The number of thiophene rings is 1. The predicted octanol–water partition coefficient (Wildman–Crippen LogP) is 5.00. The van der Waals surface area contributed by atoms with E-state index in [4.69, 9.17) is 21.7 Å². The molecule has 2 aromatic heterocycles. The second-order valence-electron chi connectivity index (χ2n) is 8.29. The van der Waals surface area contributed by atoms with Crippen LogP contribution in [0.2, 0.25) is 19.6 Å². The molecule has 0 atom stereocenters. The number of likely N-dealkylation sites (N-methyl/N-ethyl adjacent to an activating group) is 1. The Kier molecular flexibility index (Phi) is 7.69. The van der Waals surface area contributed by atoms with Crippen molar-refractivity contribution in [2.24, 2.45) is 0 Å². The van der Waals surface area contributed by atoms with Crippen molar-refractivity contribution in [1.82, 2.24) is 4.98 Å². The van der Waals surface area contributed by atoms with Gasteiger partial charge in [0.1, 0.15) is 18.2 Å². The first-order chi connectivity index (χ1) is 14.7. The van der Waals surface area contributed by atoms with Crippen LogP contribution in [0, 0.1) is 0 Å². The molecule has 2 heterocycles. The Morgan fingerprint density at radius 2 is 1.81 bits per heavy atom.